The molecule has 4 rings (SSSR count). The summed E-state index contributed by atoms with van der Waals surface area (Å²) in [7, 11) is 3.31. The number of fused-ring (bicyclic) bond motifs is 1. The average molecular weight is 385 g/mol. The van der Waals surface area contributed by atoms with Gasteiger partial charge in [-0.05, 0) is 12.3 Å². The number of hydrogen-bond acceptors (Lipinski definition) is 6. The maximum atomic E-state index is 12.6. The molecule has 1 fully saturated rings. The van der Waals surface area contributed by atoms with Gasteiger partial charge < -0.3 is 25.0 Å². The third-order valence-electron chi connectivity index (χ3n) is 5.56. The van der Waals surface area contributed by atoms with Crippen LogP contribution >= 0.6 is 0 Å². The third-order valence-corrected chi connectivity index (χ3v) is 5.56. The van der Waals surface area contributed by atoms with E-state index >= 15 is 0 Å². The van der Waals surface area contributed by atoms with Gasteiger partial charge in [-0.2, -0.15) is 5.10 Å². The van der Waals surface area contributed by atoms with Gasteiger partial charge in [-0.1, -0.05) is 0 Å². The Bertz CT molecular complexity index is 828. The van der Waals surface area contributed by atoms with E-state index < -0.39 is 0 Å². The van der Waals surface area contributed by atoms with Gasteiger partial charge in [-0.25, -0.2) is 0 Å². The van der Waals surface area contributed by atoms with Crippen LogP contribution in [0.5, 0.6) is 11.5 Å². The summed E-state index contributed by atoms with van der Waals surface area (Å²) in [5, 5.41) is 13.6. The number of ether oxygens (including phenoxy) is 2. The highest BCUT2D eigenvalue weighted by Gasteiger charge is 2.26. The van der Waals surface area contributed by atoms with Crippen molar-refractivity contribution < 1.29 is 14.3 Å². The molecule has 0 saturated carbocycles. The van der Waals surface area contributed by atoms with E-state index in [9.17, 15) is 4.79 Å². The number of benzene rings is 1. The number of methoxy groups -OCH3 is 2. The Morgan fingerprint density at radius 3 is 2.82 bits per heavy atom. The molecular formula is C20H27N5O3. The molecular weight excluding hydrogens is 358 g/mol. The Morgan fingerprint density at radius 2 is 2.07 bits per heavy atom. The van der Waals surface area contributed by atoms with E-state index in [1.165, 1.54) is 0 Å². The van der Waals surface area contributed by atoms with E-state index in [1.807, 2.05) is 18.2 Å². The van der Waals surface area contributed by atoms with Gasteiger partial charge in [0.25, 0.3) is 5.91 Å². The van der Waals surface area contributed by atoms with Crippen LogP contribution in [0.1, 0.15) is 28.2 Å². The summed E-state index contributed by atoms with van der Waals surface area (Å²) >= 11 is 0. The number of aromatic nitrogens is 2. The minimum atomic E-state index is -0.0947. The zero-order valence-electron chi connectivity index (χ0n) is 16.4. The molecule has 2 aliphatic rings. The molecule has 8 heteroatoms. The van der Waals surface area contributed by atoms with E-state index in [4.69, 9.17) is 9.47 Å². The number of anilines is 1. The first-order chi connectivity index (χ1) is 13.7. The molecule has 28 heavy (non-hydrogen) atoms. The molecule has 1 aromatic carbocycles. The van der Waals surface area contributed by atoms with Crippen molar-refractivity contribution in [2.24, 2.45) is 5.92 Å². The lowest BCUT2D eigenvalue weighted by atomic mass is 10.1. The second kappa shape index (κ2) is 8.10. The predicted molar refractivity (Wildman–Crippen MR) is 106 cm³/mol. The van der Waals surface area contributed by atoms with Gasteiger partial charge in [0, 0.05) is 74.3 Å². The number of hydrogen-bond donors (Lipinski definition) is 3. The molecule has 1 saturated heterocycles. The topological polar surface area (TPSA) is 91.5 Å². The van der Waals surface area contributed by atoms with Gasteiger partial charge in [0.1, 0.15) is 11.5 Å². The van der Waals surface area contributed by atoms with Crippen molar-refractivity contribution in [2.45, 2.75) is 19.4 Å². The minimum absolute atomic E-state index is 0.0947. The lowest BCUT2D eigenvalue weighted by molar-refractivity contribution is 0.0942. The van der Waals surface area contributed by atoms with Crippen molar-refractivity contribution in [3.05, 3.63) is 35.2 Å². The number of nitrogens with one attached hydrogen (secondary N) is 3. The van der Waals surface area contributed by atoms with Crippen LogP contribution in [0.25, 0.3) is 0 Å². The Kier molecular flexibility index (Phi) is 5.38. The van der Waals surface area contributed by atoms with Crippen molar-refractivity contribution >= 4 is 11.6 Å². The summed E-state index contributed by atoms with van der Waals surface area (Å²) in [6.45, 7) is 4.09. The molecule has 3 N–H and O–H groups in total. The summed E-state index contributed by atoms with van der Waals surface area (Å²) in [5.74, 6) is 1.86. The van der Waals surface area contributed by atoms with E-state index in [0.29, 0.717) is 24.7 Å². The van der Waals surface area contributed by atoms with Crippen LogP contribution in [0.2, 0.25) is 0 Å². The van der Waals surface area contributed by atoms with Crippen LogP contribution in [0.3, 0.4) is 0 Å². The molecule has 0 aliphatic carbocycles. The molecule has 1 unspecified atom stereocenters. The van der Waals surface area contributed by atoms with Gasteiger partial charge in [-0.15, -0.1) is 0 Å². The molecule has 0 spiro atoms. The maximum absolute atomic E-state index is 12.6. The molecule has 2 aliphatic heterocycles. The van der Waals surface area contributed by atoms with Crippen LogP contribution in [-0.4, -0.2) is 56.5 Å². The van der Waals surface area contributed by atoms with E-state index in [0.717, 1.165) is 60.9 Å². The second-order valence-electron chi connectivity index (χ2n) is 7.34. The van der Waals surface area contributed by atoms with Gasteiger partial charge in [0.05, 0.1) is 14.2 Å². The number of aromatic amines is 1. The summed E-state index contributed by atoms with van der Waals surface area (Å²) in [4.78, 5) is 14.9. The minimum Gasteiger partial charge on any atom is -0.497 e. The SMILES string of the molecule is COc1cc(OC)cc(N2CCC(CNC(=O)c3n[nH]c4c3CNCC4)C2)c1. The first-order valence-corrected chi connectivity index (χ1v) is 9.71. The van der Waals surface area contributed by atoms with Crippen LogP contribution in [0, 0.1) is 5.92 Å². The zero-order valence-corrected chi connectivity index (χ0v) is 16.4. The fraction of sp³-hybridized carbons (Fsp3) is 0.500. The number of carbonyl (C=O) groups excluding carboxylic acids is 1. The number of amides is 1. The monoisotopic (exact) mass is 385 g/mol. The lowest BCUT2D eigenvalue weighted by Gasteiger charge is -2.20. The fourth-order valence-electron chi connectivity index (χ4n) is 3.94. The highest BCUT2D eigenvalue weighted by Crippen LogP contribution is 2.31. The first kappa shape index (κ1) is 18.6. The second-order valence-corrected chi connectivity index (χ2v) is 7.34. The van der Waals surface area contributed by atoms with Crippen molar-refractivity contribution in [3.8, 4) is 11.5 Å². The Hall–Kier alpha value is -2.74. The molecule has 150 valence electrons. The predicted octanol–water partition coefficient (Wildman–Crippen LogP) is 1.33. The van der Waals surface area contributed by atoms with Gasteiger partial charge in [-0.3, -0.25) is 9.89 Å². The highest BCUT2D eigenvalue weighted by atomic mass is 16.5. The van der Waals surface area contributed by atoms with Gasteiger partial charge in [0.15, 0.2) is 5.69 Å². The van der Waals surface area contributed by atoms with Crippen molar-refractivity contribution in [1.29, 1.82) is 0 Å². The standard InChI is InChI=1S/C20H27N5O3/c1-27-15-7-14(8-16(9-15)28-2)25-6-4-13(12-25)10-22-20(26)19-17-11-21-5-3-18(17)23-24-19/h7-9,13,21H,3-6,10-12H2,1-2H3,(H,22,26)(H,23,24). The van der Waals surface area contributed by atoms with E-state index in [1.54, 1.807) is 14.2 Å². The van der Waals surface area contributed by atoms with Gasteiger partial charge >= 0.3 is 0 Å². The Morgan fingerprint density at radius 1 is 1.29 bits per heavy atom. The van der Waals surface area contributed by atoms with Gasteiger partial charge in [0.2, 0.25) is 0 Å². The normalized spacial score (nSPS) is 18.6. The summed E-state index contributed by atoms with van der Waals surface area (Å²) in [5.41, 5.74) is 3.68. The van der Waals surface area contributed by atoms with Crippen LogP contribution in [0.15, 0.2) is 18.2 Å². The quantitative estimate of drug-likeness (QED) is 0.695. The molecule has 8 nitrogen and oxygen atoms in total. The van der Waals surface area contributed by atoms with Crippen molar-refractivity contribution in [3.63, 3.8) is 0 Å². The number of carbonyl (C=O) groups is 1. The van der Waals surface area contributed by atoms with Crippen molar-refractivity contribution in [1.82, 2.24) is 20.8 Å². The molecule has 1 aromatic heterocycles. The number of H-pyrrole nitrogens is 1. The molecule has 0 radical (unpaired) electrons. The highest BCUT2D eigenvalue weighted by molar-refractivity contribution is 5.94. The Labute approximate surface area is 164 Å². The van der Waals surface area contributed by atoms with Crippen LogP contribution < -0.4 is 25.0 Å². The average Bonchev–Trinajstić information content (AvgIpc) is 3.39. The molecule has 1 atom stereocenters. The third kappa shape index (κ3) is 3.77. The lowest BCUT2D eigenvalue weighted by Crippen LogP contribution is -2.32. The number of rotatable bonds is 6. The summed E-state index contributed by atoms with van der Waals surface area (Å²) in [6.07, 6.45) is 1.91. The van der Waals surface area contributed by atoms with Crippen LogP contribution in [-0.2, 0) is 13.0 Å². The van der Waals surface area contributed by atoms with E-state index in [-0.39, 0.29) is 5.91 Å². The smallest absolute Gasteiger partial charge is 0.272 e. The largest absolute Gasteiger partial charge is 0.497 e. The maximum Gasteiger partial charge on any atom is 0.272 e. The van der Waals surface area contributed by atoms with E-state index in [2.05, 4.69) is 25.7 Å². The van der Waals surface area contributed by atoms with Crippen LogP contribution in [0.4, 0.5) is 5.69 Å². The Balaban J connectivity index is 1.35. The zero-order chi connectivity index (χ0) is 19.5. The van der Waals surface area contributed by atoms with Crippen molar-refractivity contribution in [2.75, 3.05) is 45.3 Å². The summed E-state index contributed by atoms with van der Waals surface area (Å²) in [6, 6.07) is 5.91. The molecule has 2 aromatic rings. The molecule has 1 amide bonds. The fourth-order valence-corrected chi connectivity index (χ4v) is 3.94. The first-order valence-electron chi connectivity index (χ1n) is 9.71. The molecule has 3 heterocycles. The number of nitrogens with zero attached hydrogens (tertiary/aromatic N) is 2. The summed E-state index contributed by atoms with van der Waals surface area (Å²) < 4.78 is 10.7. The molecule has 0 bridgehead atoms.